The zero-order valence-corrected chi connectivity index (χ0v) is 12.9. The Morgan fingerprint density at radius 2 is 1.70 bits per heavy atom. The lowest BCUT2D eigenvalue weighted by Crippen LogP contribution is -2.25. The lowest BCUT2D eigenvalue weighted by atomic mass is 9.84. The summed E-state index contributed by atoms with van der Waals surface area (Å²) < 4.78 is 0. The number of unbranched alkanes of at least 4 members (excludes halogenated alkanes) is 6. The first-order chi connectivity index (χ1) is 9.81. The maximum atomic E-state index is 10.6. The van der Waals surface area contributed by atoms with Crippen LogP contribution in [0.5, 0.6) is 0 Å². The molecule has 20 heavy (non-hydrogen) atoms. The number of fused-ring (bicyclic) bond motifs is 5. The van der Waals surface area contributed by atoms with E-state index in [9.17, 15) is 5.11 Å². The van der Waals surface area contributed by atoms with Crippen LogP contribution in [-0.2, 0) is 0 Å². The summed E-state index contributed by atoms with van der Waals surface area (Å²) in [5.74, 6) is 2.61. The van der Waals surface area contributed by atoms with Crippen LogP contribution < -0.4 is 0 Å². The van der Waals surface area contributed by atoms with Crippen LogP contribution in [0, 0.1) is 23.7 Å². The number of hydrogen-bond acceptors (Lipinski definition) is 1. The first-order valence-electron chi connectivity index (χ1n) is 8.88. The molecule has 1 heteroatoms. The Balaban J connectivity index is 1.38. The van der Waals surface area contributed by atoms with Crippen molar-refractivity contribution in [3.8, 4) is 0 Å². The summed E-state index contributed by atoms with van der Waals surface area (Å²) in [4.78, 5) is 0. The van der Waals surface area contributed by atoms with Crippen molar-refractivity contribution in [2.45, 2.75) is 70.8 Å². The van der Waals surface area contributed by atoms with E-state index in [4.69, 9.17) is 0 Å². The number of allylic oxidation sites excluding steroid dienone is 3. The smallest absolute Gasteiger partial charge is 0.0789 e. The van der Waals surface area contributed by atoms with Gasteiger partial charge in [-0.25, -0.2) is 0 Å². The fourth-order valence-electron chi connectivity index (χ4n) is 4.69. The molecule has 0 aliphatic heterocycles. The minimum atomic E-state index is -0.125. The number of hydrogen-bond donors (Lipinski definition) is 1. The van der Waals surface area contributed by atoms with Crippen molar-refractivity contribution in [1.82, 2.24) is 0 Å². The zero-order chi connectivity index (χ0) is 13.9. The average Bonchev–Trinajstić information content (AvgIpc) is 3.12. The molecule has 0 unspecified atom stereocenters. The van der Waals surface area contributed by atoms with Crippen molar-refractivity contribution >= 4 is 0 Å². The quantitative estimate of drug-likeness (QED) is 0.495. The SMILES string of the molecule is CCCCCCCCCC1=C[C@@H]2[C@@H]([C@@H]3C=C[C@H]2C3)[C@H]1O. The Kier molecular flexibility index (Phi) is 4.65. The van der Waals surface area contributed by atoms with Gasteiger partial charge in [-0.1, -0.05) is 63.7 Å². The monoisotopic (exact) mass is 274 g/mol. The first kappa shape index (κ1) is 14.4. The second kappa shape index (κ2) is 6.47. The third-order valence-corrected chi connectivity index (χ3v) is 5.80. The van der Waals surface area contributed by atoms with Crippen LogP contribution in [0.15, 0.2) is 23.8 Å². The van der Waals surface area contributed by atoms with Crippen LogP contribution in [-0.4, -0.2) is 11.2 Å². The molecule has 1 saturated carbocycles. The second-order valence-corrected chi connectivity index (χ2v) is 7.16. The maximum absolute atomic E-state index is 10.6. The molecule has 1 N–H and O–H groups in total. The summed E-state index contributed by atoms with van der Waals surface area (Å²) in [5, 5.41) is 10.6. The second-order valence-electron chi connectivity index (χ2n) is 7.16. The van der Waals surface area contributed by atoms with Gasteiger partial charge in [-0.2, -0.15) is 0 Å². The van der Waals surface area contributed by atoms with Gasteiger partial charge in [0, 0.05) is 5.92 Å². The molecule has 0 aromatic heterocycles. The van der Waals surface area contributed by atoms with E-state index in [1.54, 1.807) is 0 Å². The molecule has 3 aliphatic carbocycles. The normalized spacial score (nSPS) is 37.5. The predicted molar refractivity (Wildman–Crippen MR) is 84.4 cm³/mol. The molecule has 3 rings (SSSR count). The number of aliphatic hydroxyl groups is 1. The molecular weight excluding hydrogens is 244 g/mol. The molecule has 5 atom stereocenters. The van der Waals surface area contributed by atoms with Crippen LogP contribution in [0.4, 0.5) is 0 Å². The van der Waals surface area contributed by atoms with Gasteiger partial charge in [0.2, 0.25) is 0 Å². The molecule has 1 nitrogen and oxygen atoms in total. The number of aliphatic hydroxyl groups excluding tert-OH is 1. The van der Waals surface area contributed by atoms with Crippen LogP contribution in [0.25, 0.3) is 0 Å². The van der Waals surface area contributed by atoms with Crippen LogP contribution in [0.2, 0.25) is 0 Å². The van der Waals surface area contributed by atoms with E-state index in [0.29, 0.717) is 17.8 Å². The highest BCUT2D eigenvalue weighted by molar-refractivity contribution is 5.30. The van der Waals surface area contributed by atoms with Crippen LogP contribution >= 0.6 is 0 Å². The first-order valence-corrected chi connectivity index (χ1v) is 8.88. The third-order valence-electron chi connectivity index (χ3n) is 5.80. The Hall–Kier alpha value is -0.560. The lowest BCUT2D eigenvalue weighted by Gasteiger charge is -2.24. The van der Waals surface area contributed by atoms with Gasteiger partial charge in [0.15, 0.2) is 0 Å². The van der Waals surface area contributed by atoms with E-state index in [1.165, 1.54) is 56.9 Å². The van der Waals surface area contributed by atoms with E-state index in [2.05, 4.69) is 25.2 Å². The molecule has 1 fully saturated rings. The molecule has 0 radical (unpaired) electrons. The molecule has 0 aromatic rings. The summed E-state index contributed by atoms with van der Waals surface area (Å²) in [7, 11) is 0. The zero-order valence-electron chi connectivity index (χ0n) is 12.9. The largest absolute Gasteiger partial charge is 0.388 e. The van der Waals surface area contributed by atoms with Gasteiger partial charge in [-0.15, -0.1) is 0 Å². The number of rotatable bonds is 8. The molecular formula is C19H30O. The van der Waals surface area contributed by atoms with Crippen molar-refractivity contribution in [1.29, 1.82) is 0 Å². The van der Waals surface area contributed by atoms with Gasteiger partial charge in [0.1, 0.15) is 0 Å². The Morgan fingerprint density at radius 3 is 2.45 bits per heavy atom. The Bertz CT molecular complexity index is 381. The van der Waals surface area contributed by atoms with Crippen LogP contribution in [0.3, 0.4) is 0 Å². The van der Waals surface area contributed by atoms with E-state index >= 15 is 0 Å². The molecule has 0 heterocycles. The highest BCUT2D eigenvalue weighted by Crippen LogP contribution is 2.54. The van der Waals surface area contributed by atoms with E-state index in [0.717, 1.165) is 12.3 Å². The third kappa shape index (κ3) is 2.74. The topological polar surface area (TPSA) is 20.2 Å². The summed E-state index contributed by atoms with van der Waals surface area (Å²) in [6.45, 7) is 2.27. The summed E-state index contributed by atoms with van der Waals surface area (Å²) >= 11 is 0. The standard InChI is InChI=1S/C19H30O/c1-2-3-4-5-6-7-8-9-16-13-17-14-10-11-15(12-14)18(17)19(16)20/h10-11,13-15,17-20H,2-9,12H2,1H3/t14-,15+,17-,18+,19-/m0/s1. The Labute approximate surface area is 124 Å². The predicted octanol–water partition coefficient (Wildman–Crippen LogP) is 4.87. The molecule has 0 amide bonds. The van der Waals surface area contributed by atoms with Crippen molar-refractivity contribution in [3.05, 3.63) is 23.8 Å². The maximum Gasteiger partial charge on any atom is 0.0789 e. The van der Waals surface area contributed by atoms with Gasteiger partial charge in [-0.05, 0) is 42.6 Å². The molecule has 0 aromatic carbocycles. The molecule has 3 aliphatic rings. The van der Waals surface area contributed by atoms with E-state index in [1.807, 2.05) is 0 Å². The van der Waals surface area contributed by atoms with Crippen molar-refractivity contribution in [3.63, 3.8) is 0 Å². The van der Waals surface area contributed by atoms with Gasteiger partial charge in [0.05, 0.1) is 6.10 Å². The molecule has 0 saturated heterocycles. The Morgan fingerprint density at radius 1 is 1.00 bits per heavy atom. The summed E-state index contributed by atoms with van der Waals surface area (Å²) in [6, 6.07) is 0. The van der Waals surface area contributed by atoms with Gasteiger partial charge in [-0.3, -0.25) is 0 Å². The van der Waals surface area contributed by atoms with Crippen LogP contribution in [0.1, 0.15) is 64.7 Å². The molecule has 112 valence electrons. The highest BCUT2D eigenvalue weighted by Gasteiger charge is 2.50. The fraction of sp³-hybridized carbons (Fsp3) is 0.789. The lowest BCUT2D eigenvalue weighted by molar-refractivity contribution is 0.121. The van der Waals surface area contributed by atoms with Crippen molar-refractivity contribution < 1.29 is 5.11 Å². The van der Waals surface area contributed by atoms with E-state index in [-0.39, 0.29) is 6.10 Å². The minimum absolute atomic E-state index is 0.125. The fourth-order valence-corrected chi connectivity index (χ4v) is 4.69. The van der Waals surface area contributed by atoms with Gasteiger partial charge in [0.25, 0.3) is 0 Å². The van der Waals surface area contributed by atoms with Gasteiger partial charge >= 0.3 is 0 Å². The summed E-state index contributed by atoms with van der Waals surface area (Å²) in [6.07, 6.45) is 19.0. The minimum Gasteiger partial charge on any atom is -0.388 e. The molecule has 2 bridgehead atoms. The molecule has 0 spiro atoms. The van der Waals surface area contributed by atoms with Gasteiger partial charge < -0.3 is 5.11 Å². The van der Waals surface area contributed by atoms with Crippen molar-refractivity contribution in [2.75, 3.05) is 0 Å². The summed E-state index contributed by atoms with van der Waals surface area (Å²) in [5.41, 5.74) is 1.37. The highest BCUT2D eigenvalue weighted by atomic mass is 16.3. The van der Waals surface area contributed by atoms with Crippen molar-refractivity contribution in [2.24, 2.45) is 23.7 Å². The average molecular weight is 274 g/mol. The van der Waals surface area contributed by atoms with E-state index < -0.39 is 0 Å².